The lowest BCUT2D eigenvalue weighted by Gasteiger charge is -2.38. The number of hydrogen-bond acceptors (Lipinski definition) is 3. The van der Waals surface area contributed by atoms with Crippen LogP contribution in [-0.4, -0.2) is 55.5 Å². The smallest absolute Gasteiger partial charge is 0.128 e. The third kappa shape index (κ3) is 2.93. The van der Waals surface area contributed by atoms with Gasteiger partial charge in [0.15, 0.2) is 0 Å². The van der Waals surface area contributed by atoms with E-state index in [2.05, 4.69) is 24.1 Å². The van der Waals surface area contributed by atoms with E-state index >= 15 is 0 Å². The van der Waals surface area contributed by atoms with E-state index in [4.69, 9.17) is 4.74 Å². The molecule has 0 saturated carbocycles. The fourth-order valence-electron chi connectivity index (χ4n) is 2.69. The number of nitrogens with one attached hydrogen (secondary N) is 1. The van der Waals surface area contributed by atoms with Gasteiger partial charge in [-0.15, -0.1) is 0 Å². The highest BCUT2D eigenvalue weighted by molar-refractivity contribution is 4.89. The van der Waals surface area contributed by atoms with Gasteiger partial charge in [0.2, 0.25) is 0 Å². The molecule has 0 aromatic heterocycles. The van der Waals surface area contributed by atoms with Crippen molar-refractivity contribution in [2.75, 3.05) is 26.3 Å². The summed E-state index contributed by atoms with van der Waals surface area (Å²) in [6, 6.07) is 0.862. The maximum atomic E-state index is 14.0. The molecule has 3 atom stereocenters. The molecule has 2 aliphatic rings. The SMILES string of the molecule is CC(C)N[C@H]1CCN(C2CCOC2)C[C@H]1F. The highest BCUT2D eigenvalue weighted by Crippen LogP contribution is 2.20. The number of likely N-dealkylation sites (tertiary alicyclic amines) is 1. The Labute approximate surface area is 97.3 Å². The average molecular weight is 230 g/mol. The van der Waals surface area contributed by atoms with Gasteiger partial charge in [-0.3, -0.25) is 4.90 Å². The van der Waals surface area contributed by atoms with Gasteiger partial charge in [-0.1, -0.05) is 13.8 Å². The third-order valence-electron chi connectivity index (χ3n) is 3.54. The van der Waals surface area contributed by atoms with Crippen LogP contribution in [0.2, 0.25) is 0 Å². The van der Waals surface area contributed by atoms with Crippen LogP contribution in [0.1, 0.15) is 26.7 Å². The molecule has 0 radical (unpaired) electrons. The van der Waals surface area contributed by atoms with Gasteiger partial charge in [-0.2, -0.15) is 0 Å². The van der Waals surface area contributed by atoms with Crippen LogP contribution in [0.4, 0.5) is 4.39 Å². The van der Waals surface area contributed by atoms with Crippen molar-refractivity contribution in [1.29, 1.82) is 0 Å². The zero-order valence-electron chi connectivity index (χ0n) is 10.3. The largest absolute Gasteiger partial charge is 0.380 e. The molecule has 1 N–H and O–H groups in total. The molecule has 0 aliphatic carbocycles. The van der Waals surface area contributed by atoms with Gasteiger partial charge in [0.1, 0.15) is 6.17 Å². The number of hydrogen-bond donors (Lipinski definition) is 1. The molecule has 4 heteroatoms. The summed E-state index contributed by atoms with van der Waals surface area (Å²) in [5.41, 5.74) is 0. The van der Waals surface area contributed by atoms with Crippen LogP contribution in [0.15, 0.2) is 0 Å². The van der Waals surface area contributed by atoms with Crippen LogP contribution in [0, 0.1) is 0 Å². The molecule has 1 unspecified atom stereocenters. The Morgan fingerprint density at radius 1 is 1.38 bits per heavy atom. The van der Waals surface area contributed by atoms with Gasteiger partial charge in [-0.25, -0.2) is 4.39 Å². The van der Waals surface area contributed by atoms with Gasteiger partial charge in [-0.05, 0) is 12.8 Å². The van der Waals surface area contributed by atoms with Crippen molar-refractivity contribution >= 4 is 0 Å². The Morgan fingerprint density at radius 2 is 2.19 bits per heavy atom. The number of nitrogens with zero attached hydrogens (tertiary/aromatic N) is 1. The summed E-state index contributed by atoms with van der Waals surface area (Å²) in [6.07, 6.45) is 1.24. The second kappa shape index (κ2) is 5.43. The Bertz CT molecular complexity index is 219. The fraction of sp³-hybridized carbons (Fsp3) is 1.00. The van der Waals surface area contributed by atoms with Gasteiger partial charge < -0.3 is 10.1 Å². The first-order chi connectivity index (χ1) is 7.66. The predicted octanol–water partition coefficient (Wildman–Crippen LogP) is 1.19. The lowest BCUT2D eigenvalue weighted by Crippen LogP contribution is -2.54. The molecule has 3 nitrogen and oxygen atoms in total. The van der Waals surface area contributed by atoms with E-state index in [1.807, 2.05) is 0 Å². The summed E-state index contributed by atoms with van der Waals surface area (Å²) in [5, 5.41) is 3.31. The number of rotatable bonds is 3. The Hall–Kier alpha value is -0.190. The van der Waals surface area contributed by atoms with Gasteiger partial charge in [0.25, 0.3) is 0 Å². The van der Waals surface area contributed by atoms with E-state index in [0.29, 0.717) is 18.6 Å². The standard InChI is InChI=1S/C12H23FN2O/c1-9(2)14-12-3-5-15(7-11(12)13)10-4-6-16-8-10/h9-12,14H,3-8H2,1-2H3/t10?,11-,12+/m1/s1. The Balaban J connectivity index is 1.81. The molecule has 16 heavy (non-hydrogen) atoms. The molecule has 0 amide bonds. The van der Waals surface area contributed by atoms with Crippen molar-refractivity contribution in [3.05, 3.63) is 0 Å². The first-order valence-electron chi connectivity index (χ1n) is 6.38. The summed E-state index contributed by atoms with van der Waals surface area (Å²) >= 11 is 0. The number of piperidine rings is 1. The molecule has 2 rings (SSSR count). The van der Waals surface area contributed by atoms with Crippen LogP contribution in [0.3, 0.4) is 0 Å². The summed E-state index contributed by atoms with van der Waals surface area (Å²) in [4.78, 5) is 2.26. The van der Waals surface area contributed by atoms with Crippen LogP contribution in [0.5, 0.6) is 0 Å². The molecule has 2 saturated heterocycles. The van der Waals surface area contributed by atoms with Crippen molar-refractivity contribution in [3.8, 4) is 0 Å². The van der Waals surface area contributed by atoms with Crippen molar-refractivity contribution < 1.29 is 9.13 Å². The van der Waals surface area contributed by atoms with Crippen molar-refractivity contribution in [2.24, 2.45) is 0 Å². The quantitative estimate of drug-likeness (QED) is 0.788. The molecule has 0 spiro atoms. The minimum atomic E-state index is -0.739. The van der Waals surface area contributed by atoms with Gasteiger partial charge in [0, 0.05) is 37.8 Å². The first-order valence-corrected chi connectivity index (χ1v) is 6.38. The second-order valence-corrected chi connectivity index (χ2v) is 5.24. The molecule has 2 aliphatic heterocycles. The van der Waals surface area contributed by atoms with Crippen LogP contribution in [0.25, 0.3) is 0 Å². The van der Waals surface area contributed by atoms with E-state index in [0.717, 1.165) is 32.6 Å². The molecule has 2 fully saturated rings. The molecule has 94 valence electrons. The fourth-order valence-corrected chi connectivity index (χ4v) is 2.69. The highest BCUT2D eigenvalue weighted by Gasteiger charge is 2.33. The summed E-state index contributed by atoms with van der Waals surface area (Å²) in [6.45, 7) is 7.34. The van der Waals surface area contributed by atoms with Crippen LogP contribution >= 0.6 is 0 Å². The minimum Gasteiger partial charge on any atom is -0.380 e. The van der Waals surface area contributed by atoms with E-state index in [9.17, 15) is 4.39 Å². The molecular formula is C12H23FN2O. The van der Waals surface area contributed by atoms with Gasteiger partial charge in [0.05, 0.1) is 6.61 Å². The van der Waals surface area contributed by atoms with Crippen molar-refractivity contribution in [2.45, 2.75) is 51.0 Å². The number of ether oxygens (including phenoxy) is 1. The normalized spacial score (nSPS) is 37.1. The molecule has 0 bridgehead atoms. The van der Waals surface area contributed by atoms with E-state index in [1.54, 1.807) is 0 Å². The topological polar surface area (TPSA) is 24.5 Å². The van der Waals surface area contributed by atoms with E-state index in [-0.39, 0.29) is 6.04 Å². The predicted molar refractivity (Wildman–Crippen MR) is 62.4 cm³/mol. The van der Waals surface area contributed by atoms with Crippen molar-refractivity contribution in [3.63, 3.8) is 0 Å². The second-order valence-electron chi connectivity index (χ2n) is 5.24. The van der Waals surface area contributed by atoms with E-state index < -0.39 is 6.17 Å². The molecule has 0 aromatic rings. The zero-order chi connectivity index (χ0) is 11.5. The summed E-state index contributed by atoms with van der Waals surface area (Å²) < 4.78 is 19.3. The Morgan fingerprint density at radius 3 is 2.75 bits per heavy atom. The maximum Gasteiger partial charge on any atom is 0.128 e. The molecule has 2 heterocycles. The highest BCUT2D eigenvalue weighted by atomic mass is 19.1. The number of halogens is 1. The van der Waals surface area contributed by atoms with Crippen LogP contribution in [-0.2, 0) is 4.74 Å². The third-order valence-corrected chi connectivity index (χ3v) is 3.54. The van der Waals surface area contributed by atoms with Crippen LogP contribution < -0.4 is 5.32 Å². The Kier molecular flexibility index (Phi) is 4.16. The zero-order valence-corrected chi connectivity index (χ0v) is 10.3. The summed E-state index contributed by atoms with van der Waals surface area (Å²) in [5.74, 6) is 0. The molecular weight excluding hydrogens is 207 g/mol. The monoisotopic (exact) mass is 230 g/mol. The lowest BCUT2D eigenvalue weighted by atomic mass is 10.00. The van der Waals surface area contributed by atoms with Gasteiger partial charge >= 0.3 is 0 Å². The summed E-state index contributed by atoms with van der Waals surface area (Å²) in [7, 11) is 0. The molecule has 0 aromatic carbocycles. The van der Waals surface area contributed by atoms with E-state index in [1.165, 1.54) is 0 Å². The first kappa shape index (κ1) is 12.3. The van der Waals surface area contributed by atoms with Crippen molar-refractivity contribution in [1.82, 2.24) is 10.2 Å². The number of alkyl halides is 1. The minimum absolute atomic E-state index is 0.0403. The average Bonchev–Trinajstić information content (AvgIpc) is 2.73. The lowest BCUT2D eigenvalue weighted by molar-refractivity contribution is 0.0621. The maximum absolute atomic E-state index is 14.0.